The van der Waals surface area contributed by atoms with Crippen LogP contribution in [0.25, 0.3) is 11.3 Å². The number of nitrogens with one attached hydrogen (secondary N) is 2. The van der Waals surface area contributed by atoms with Gasteiger partial charge in [-0.3, -0.25) is 0 Å². The van der Waals surface area contributed by atoms with Gasteiger partial charge in [0.05, 0.1) is 19.1 Å². The van der Waals surface area contributed by atoms with Gasteiger partial charge in [0.1, 0.15) is 5.75 Å². The molecule has 4 heteroatoms. The molecular formula is C13H17N3O. The third-order valence-corrected chi connectivity index (χ3v) is 2.69. The Hall–Kier alpha value is -1.81. The number of aromatic nitrogens is 2. The Bertz CT molecular complexity index is 479. The van der Waals surface area contributed by atoms with Crippen molar-refractivity contribution < 1.29 is 4.74 Å². The summed E-state index contributed by atoms with van der Waals surface area (Å²) in [6, 6.07) is 7.95. The normalized spacial score (nSPS) is 10.5. The first-order valence-corrected chi connectivity index (χ1v) is 5.66. The fourth-order valence-corrected chi connectivity index (χ4v) is 1.78. The van der Waals surface area contributed by atoms with E-state index in [1.807, 2.05) is 31.3 Å². The topological polar surface area (TPSA) is 49.9 Å². The molecule has 0 fully saturated rings. The average molecular weight is 231 g/mol. The maximum atomic E-state index is 5.22. The van der Waals surface area contributed by atoms with Gasteiger partial charge in [0.25, 0.3) is 0 Å². The van der Waals surface area contributed by atoms with E-state index in [4.69, 9.17) is 4.74 Å². The number of imidazole rings is 1. The molecule has 0 aliphatic carbocycles. The molecule has 2 rings (SSSR count). The lowest BCUT2D eigenvalue weighted by Crippen LogP contribution is -2.11. The van der Waals surface area contributed by atoms with Crippen LogP contribution in [0.4, 0.5) is 0 Å². The van der Waals surface area contributed by atoms with Gasteiger partial charge in [-0.05, 0) is 19.2 Å². The zero-order valence-corrected chi connectivity index (χ0v) is 10.2. The number of likely N-dealkylation sites (N-methyl/N-ethyl adjacent to an activating group) is 1. The third kappa shape index (κ3) is 2.65. The molecule has 0 amide bonds. The molecule has 0 aliphatic rings. The summed E-state index contributed by atoms with van der Waals surface area (Å²) in [7, 11) is 3.62. The quantitative estimate of drug-likeness (QED) is 0.825. The van der Waals surface area contributed by atoms with Crippen molar-refractivity contribution in [1.29, 1.82) is 0 Å². The van der Waals surface area contributed by atoms with Gasteiger partial charge in [-0.2, -0.15) is 0 Å². The van der Waals surface area contributed by atoms with Crippen molar-refractivity contribution in [3.8, 4) is 17.0 Å². The summed E-state index contributed by atoms with van der Waals surface area (Å²) in [6.45, 7) is 0.930. The molecule has 1 aromatic heterocycles. The number of H-pyrrole nitrogens is 1. The van der Waals surface area contributed by atoms with Gasteiger partial charge in [0, 0.05) is 24.2 Å². The van der Waals surface area contributed by atoms with Gasteiger partial charge in [-0.25, -0.2) is 4.98 Å². The van der Waals surface area contributed by atoms with Gasteiger partial charge < -0.3 is 15.0 Å². The van der Waals surface area contributed by atoms with E-state index in [0.717, 1.165) is 35.7 Å². The van der Waals surface area contributed by atoms with Crippen molar-refractivity contribution in [2.24, 2.45) is 0 Å². The molecule has 0 bridgehead atoms. The third-order valence-electron chi connectivity index (χ3n) is 2.69. The number of ether oxygens (including phenoxy) is 1. The summed E-state index contributed by atoms with van der Waals surface area (Å²) in [5.74, 6) is 0.852. The minimum absolute atomic E-state index is 0.852. The second-order valence-corrected chi connectivity index (χ2v) is 3.82. The average Bonchev–Trinajstić information content (AvgIpc) is 2.84. The number of hydrogen-bond donors (Lipinski definition) is 2. The van der Waals surface area contributed by atoms with Crippen molar-refractivity contribution in [1.82, 2.24) is 15.3 Å². The number of aromatic amines is 1. The predicted octanol–water partition coefficient (Wildman–Crippen LogP) is 1.85. The standard InChI is InChI=1S/C13H17N3O/c1-14-7-6-12-13(16-9-15-12)10-4-3-5-11(8-10)17-2/h3-5,8-9,14H,6-7H2,1-2H3,(H,15,16). The van der Waals surface area contributed by atoms with E-state index in [0.29, 0.717) is 0 Å². The first kappa shape index (κ1) is 11.7. The summed E-state index contributed by atoms with van der Waals surface area (Å²) < 4.78 is 5.22. The van der Waals surface area contributed by atoms with Gasteiger partial charge in [0.2, 0.25) is 0 Å². The Kier molecular flexibility index (Phi) is 3.77. The highest BCUT2D eigenvalue weighted by molar-refractivity contribution is 5.63. The van der Waals surface area contributed by atoms with Crippen LogP contribution in [-0.4, -0.2) is 30.7 Å². The highest BCUT2D eigenvalue weighted by Gasteiger charge is 2.08. The monoisotopic (exact) mass is 231 g/mol. The maximum absolute atomic E-state index is 5.22. The van der Waals surface area contributed by atoms with Crippen molar-refractivity contribution in [3.05, 3.63) is 36.3 Å². The van der Waals surface area contributed by atoms with Gasteiger partial charge in [-0.1, -0.05) is 12.1 Å². The van der Waals surface area contributed by atoms with Crippen LogP contribution in [0.3, 0.4) is 0 Å². The van der Waals surface area contributed by atoms with E-state index in [2.05, 4.69) is 15.3 Å². The van der Waals surface area contributed by atoms with E-state index < -0.39 is 0 Å². The van der Waals surface area contributed by atoms with E-state index in [1.54, 1.807) is 13.4 Å². The molecule has 1 aromatic carbocycles. The molecule has 0 aliphatic heterocycles. The minimum Gasteiger partial charge on any atom is -0.497 e. The van der Waals surface area contributed by atoms with Gasteiger partial charge >= 0.3 is 0 Å². The molecule has 0 saturated carbocycles. The molecule has 0 saturated heterocycles. The molecule has 17 heavy (non-hydrogen) atoms. The van der Waals surface area contributed by atoms with Gasteiger partial charge in [0.15, 0.2) is 0 Å². The lowest BCUT2D eigenvalue weighted by atomic mass is 10.1. The second-order valence-electron chi connectivity index (χ2n) is 3.82. The Balaban J connectivity index is 2.28. The van der Waals surface area contributed by atoms with Crippen LogP contribution >= 0.6 is 0 Å². The SMILES string of the molecule is CNCCc1[nH]cnc1-c1cccc(OC)c1. The number of methoxy groups -OCH3 is 1. The van der Waals surface area contributed by atoms with Crippen LogP contribution < -0.4 is 10.1 Å². The Morgan fingerprint density at radius 1 is 1.41 bits per heavy atom. The largest absolute Gasteiger partial charge is 0.497 e. The maximum Gasteiger partial charge on any atom is 0.119 e. The van der Waals surface area contributed by atoms with Crippen molar-refractivity contribution in [2.45, 2.75) is 6.42 Å². The zero-order chi connectivity index (χ0) is 12.1. The predicted molar refractivity (Wildman–Crippen MR) is 68.2 cm³/mol. The van der Waals surface area contributed by atoms with Crippen LogP contribution in [0.1, 0.15) is 5.69 Å². The minimum atomic E-state index is 0.852. The van der Waals surface area contributed by atoms with Crippen LogP contribution in [0.15, 0.2) is 30.6 Å². The van der Waals surface area contributed by atoms with Crippen molar-refractivity contribution in [2.75, 3.05) is 20.7 Å². The van der Waals surface area contributed by atoms with E-state index in [-0.39, 0.29) is 0 Å². The zero-order valence-electron chi connectivity index (χ0n) is 10.2. The van der Waals surface area contributed by atoms with E-state index in [9.17, 15) is 0 Å². The molecule has 0 spiro atoms. The summed E-state index contributed by atoms with van der Waals surface area (Å²) >= 11 is 0. The number of benzene rings is 1. The molecular weight excluding hydrogens is 214 g/mol. The Morgan fingerprint density at radius 3 is 3.06 bits per heavy atom. The van der Waals surface area contributed by atoms with Gasteiger partial charge in [-0.15, -0.1) is 0 Å². The van der Waals surface area contributed by atoms with Crippen molar-refractivity contribution >= 4 is 0 Å². The number of nitrogens with zero attached hydrogens (tertiary/aromatic N) is 1. The van der Waals surface area contributed by atoms with Crippen molar-refractivity contribution in [3.63, 3.8) is 0 Å². The van der Waals surface area contributed by atoms with Crippen LogP contribution in [0.5, 0.6) is 5.75 Å². The molecule has 1 heterocycles. The highest BCUT2D eigenvalue weighted by Crippen LogP contribution is 2.24. The molecule has 2 aromatic rings. The molecule has 4 nitrogen and oxygen atoms in total. The molecule has 90 valence electrons. The molecule has 0 atom stereocenters. The summed E-state index contributed by atoms with van der Waals surface area (Å²) in [6.07, 6.45) is 2.67. The second kappa shape index (κ2) is 5.50. The summed E-state index contributed by atoms with van der Waals surface area (Å²) in [4.78, 5) is 7.56. The first-order valence-electron chi connectivity index (χ1n) is 5.66. The molecule has 2 N–H and O–H groups in total. The first-order chi connectivity index (χ1) is 8.35. The smallest absolute Gasteiger partial charge is 0.119 e. The lowest BCUT2D eigenvalue weighted by Gasteiger charge is -2.05. The van der Waals surface area contributed by atoms with Crippen LogP contribution in [0, 0.1) is 0 Å². The van der Waals surface area contributed by atoms with Crippen LogP contribution in [-0.2, 0) is 6.42 Å². The fraction of sp³-hybridized carbons (Fsp3) is 0.308. The van der Waals surface area contributed by atoms with E-state index in [1.165, 1.54) is 0 Å². The fourth-order valence-electron chi connectivity index (χ4n) is 1.78. The molecule has 0 radical (unpaired) electrons. The molecule has 0 unspecified atom stereocenters. The Labute approximate surface area is 101 Å². The highest BCUT2D eigenvalue weighted by atomic mass is 16.5. The van der Waals surface area contributed by atoms with E-state index >= 15 is 0 Å². The summed E-state index contributed by atoms with van der Waals surface area (Å²) in [5.41, 5.74) is 3.23. The van der Waals surface area contributed by atoms with Crippen LogP contribution in [0.2, 0.25) is 0 Å². The number of hydrogen-bond acceptors (Lipinski definition) is 3. The summed E-state index contributed by atoms with van der Waals surface area (Å²) in [5, 5.41) is 3.13. The number of rotatable bonds is 5. The lowest BCUT2D eigenvalue weighted by molar-refractivity contribution is 0.415. The Morgan fingerprint density at radius 2 is 2.29 bits per heavy atom.